The van der Waals surface area contributed by atoms with Gasteiger partial charge >= 0.3 is 6.03 Å². The van der Waals surface area contributed by atoms with Gasteiger partial charge in [0.05, 0.1) is 13.2 Å². The van der Waals surface area contributed by atoms with E-state index in [1.54, 1.807) is 0 Å². The molecule has 4 rings (SSSR count). The number of nitrogens with one attached hydrogen (secondary N) is 1. The lowest BCUT2D eigenvalue weighted by molar-refractivity contribution is -0.181. The van der Waals surface area contributed by atoms with Gasteiger partial charge in [-0.25, -0.2) is 9.18 Å². The Hall–Kier alpha value is -1.66. The standard InChI is InChI=1S/C19H25FN2O3/c20-16-4-2-15(3-5-16)18(6-1-7-18)14-21-17(23)22-10-8-19(9-11-22)24-12-13-25-19/h2-5H,1,6-14H2,(H,21,23). The molecule has 2 amide bonds. The molecular weight excluding hydrogens is 323 g/mol. The molecule has 0 bridgehead atoms. The molecule has 1 spiro atoms. The molecule has 136 valence electrons. The van der Waals surface area contributed by atoms with Crippen molar-refractivity contribution in [3.63, 3.8) is 0 Å². The van der Waals surface area contributed by atoms with Crippen molar-refractivity contribution in [1.29, 1.82) is 0 Å². The second-order valence-electron chi connectivity index (χ2n) is 7.39. The Morgan fingerprint density at radius 2 is 1.72 bits per heavy atom. The summed E-state index contributed by atoms with van der Waals surface area (Å²) in [5.74, 6) is -0.680. The number of halogens is 1. The van der Waals surface area contributed by atoms with Crippen LogP contribution in [0, 0.1) is 5.82 Å². The Morgan fingerprint density at radius 3 is 2.28 bits per heavy atom. The van der Waals surface area contributed by atoms with Gasteiger partial charge in [-0.05, 0) is 30.5 Å². The number of carbonyl (C=O) groups is 1. The van der Waals surface area contributed by atoms with Crippen molar-refractivity contribution >= 4 is 6.03 Å². The Bertz CT molecular complexity index is 614. The minimum atomic E-state index is -0.458. The summed E-state index contributed by atoms with van der Waals surface area (Å²) in [4.78, 5) is 14.4. The molecule has 1 aromatic carbocycles. The second kappa shape index (κ2) is 6.57. The largest absolute Gasteiger partial charge is 0.347 e. The maximum absolute atomic E-state index is 13.2. The highest BCUT2D eigenvalue weighted by molar-refractivity contribution is 5.74. The van der Waals surface area contributed by atoms with Crippen molar-refractivity contribution in [2.24, 2.45) is 0 Å². The summed E-state index contributed by atoms with van der Waals surface area (Å²) in [7, 11) is 0. The van der Waals surface area contributed by atoms with Crippen LogP contribution in [0.3, 0.4) is 0 Å². The number of urea groups is 1. The number of rotatable bonds is 3. The van der Waals surface area contributed by atoms with Gasteiger partial charge in [-0.3, -0.25) is 0 Å². The van der Waals surface area contributed by atoms with Gasteiger partial charge in [0.25, 0.3) is 0 Å². The number of piperidine rings is 1. The van der Waals surface area contributed by atoms with Crippen molar-refractivity contribution in [3.8, 4) is 0 Å². The molecule has 2 aliphatic heterocycles. The normalized spacial score (nSPS) is 24.1. The van der Waals surface area contributed by atoms with Crippen molar-refractivity contribution in [1.82, 2.24) is 10.2 Å². The number of benzene rings is 1. The number of hydrogen-bond acceptors (Lipinski definition) is 3. The number of ether oxygens (including phenoxy) is 2. The van der Waals surface area contributed by atoms with E-state index in [0.29, 0.717) is 32.8 Å². The Morgan fingerprint density at radius 1 is 1.08 bits per heavy atom. The van der Waals surface area contributed by atoms with Crippen LogP contribution in [0.5, 0.6) is 0 Å². The zero-order valence-corrected chi connectivity index (χ0v) is 14.4. The van der Waals surface area contributed by atoms with E-state index in [0.717, 1.165) is 37.7 Å². The summed E-state index contributed by atoms with van der Waals surface area (Å²) in [6.45, 7) is 3.19. The monoisotopic (exact) mass is 348 g/mol. The maximum Gasteiger partial charge on any atom is 0.317 e. The van der Waals surface area contributed by atoms with Gasteiger partial charge < -0.3 is 19.7 Å². The fourth-order valence-corrected chi connectivity index (χ4v) is 4.17. The van der Waals surface area contributed by atoms with E-state index in [9.17, 15) is 9.18 Å². The molecule has 2 saturated heterocycles. The summed E-state index contributed by atoms with van der Waals surface area (Å²) in [6.07, 6.45) is 4.66. The quantitative estimate of drug-likeness (QED) is 0.914. The molecule has 1 saturated carbocycles. The zero-order chi connectivity index (χ0) is 17.3. The summed E-state index contributed by atoms with van der Waals surface area (Å²) in [6, 6.07) is 6.67. The highest BCUT2D eigenvalue weighted by atomic mass is 19.1. The molecule has 5 nitrogen and oxygen atoms in total. The zero-order valence-electron chi connectivity index (χ0n) is 14.4. The molecule has 1 N–H and O–H groups in total. The lowest BCUT2D eigenvalue weighted by Crippen LogP contribution is -2.53. The molecule has 0 atom stereocenters. The van der Waals surface area contributed by atoms with Crippen molar-refractivity contribution in [3.05, 3.63) is 35.6 Å². The Balaban J connectivity index is 1.33. The van der Waals surface area contributed by atoms with Crippen molar-refractivity contribution in [2.45, 2.75) is 43.3 Å². The Kier molecular flexibility index (Phi) is 4.41. The topological polar surface area (TPSA) is 50.8 Å². The summed E-state index contributed by atoms with van der Waals surface area (Å²) in [5, 5.41) is 3.10. The van der Waals surface area contributed by atoms with Crippen LogP contribution in [-0.4, -0.2) is 49.6 Å². The summed E-state index contributed by atoms with van der Waals surface area (Å²) in [5.41, 5.74) is 1.07. The molecule has 25 heavy (non-hydrogen) atoms. The molecule has 3 aliphatic rings. The third-order valence-corrected chi connectivity index (χ3v) is 5.97. The smallest absolute Gasteiger partial charge is 0.317 e. The van der Waals surface area contributed by atoms with E-state index in [1.807, 2.05) is 17.0 Å². The first-order valence-corrected chi connectivity index (χ1v) is 9.18. The van der Waals surface area contributed by atoms with E-state index in [2.05, 4.69) is 5.32 Å². The van der Waals surface area contributed by atoms with E-state index in [4.69, 9.17) is 9.47 Å². The highest BCUT2D eigenvalue weighted by Gasteiger charge is 2.42. The summed E-state index contributed by atoms with van der Waals surface area (Å²) >= 11 is 0. The lowest BCUT2D eigenvalue weighted by Gasteiger charge is -2.43. The number of likely N-dealkylation sites (tertiary alicyclic amines) is 1. The molecule has 0 unspecified atom stereocenters. The third kappa shape index (κ3) is 3.25. The highest BCUT2D eigenvalue weighted by Crippen LogP contribution is 2.43. The molecule has 6 heteroatoms. The van der Waals surface area contributed by atoms with E-state index >= 15 is 0 Å². The minimum absolute atomic E-state index is 0.0266. The van der Waals surface area contributed by atoms with Gasteiger partial charge in [0.15, 0.2) is 5.79 Å². The molecule has 1 aliphatic carbocycles. The molecule has 0 aromatic heterocycles. The number of nitrogens with zero attached hydrogens (tertiary/aromatic N) is 1. The SMILES string of the molecule is O=C(NCC1(c2ccc(F)cc2)CCC1)N1CCC2(CC1)OCCO2. The van der Waals surface area contributed by atoms with Crippen LogP contribution in [-0.2, 0) is 14.9 Å². The van der Waals surface area contributed by atoms with Gasteiger partial charge in [0, 0.05) is 37.9 Å². The van der Waals surface area contributed by atoms with Gasteiger partial charge in [-0.2, -0.15) is 0 Å². The molecule has 0 radical (unpaired) electrons. The average Bonchev–Trinajstić information content (AvgIpc) is 3.04. The maximum atomic E-state index is 13.2. The van der Waals surface area contributed by atoms with Crippen LogP contribution in [0.25, 0.3) is 0 Å². The van der Waals surface area contributed by atoms with Crippen molar-refractivity contribution in [2.75, 3.05) is 32.8 Å². The molecular formula is C19H25FN2O3. The second-order valence-corrected chi connectivity index (χ2v) is 7.39. The van der Waals surface area contributed by atoms with E-state index in [-0.39, 0.29) is 17.3 Å². The van der Waals surface area contributed by atoms with Crippen LogP contribution < -0.4 is 5.32 Å². The van der Waals surface area contributed by atoms with Gasteiger partial charge in [-0.1, -0.05) is 18.6 Å². The van der Waals surface area contributed by atoms with Crippen LogP contribution in [0.15, 0.2) is 24.3 Å². The van der Waals surface area contributed by atoms with Crippen LogP contribution in [0.2, 0.25) is 0 Å². The Labute approximate surface area is 147 Å². The lowest BCUT2D eigenvalue weighted by atomic mass is 9.64. The van der Waals surface area contributed by atoms with E-state index in [1.165, 1.54) is 12.1 Å². The first kappa shape index (κ1) is 16.8. The number of carbonyl (C=O) groups excluding carboxylic acids is 1. The van der Waals surface area contributed by atoms with Crippen LogP contribution in [0.1, 0.15) is 37.7 Å². The fourth-order valence-electron chi connectivity index (χ4n) is 4.17. The van der Waals surface area contributed by atoms with Gasteiger partial charge in [0.1, 0.15) is 5.82 Å². The molecule has 2 heterocycles. The molecule has 1 aromatic rings. The average molecular weight is 348 g/mol. The van der Waals surface area contributed by atoms with Gasteiger partial charge in [0.2, 0.25) is 0 Å². The number of hydrogen-bond donors (Lipinski definition) is 1. The van der Waals surface area contributed by atoms with Crippen LogP contribution in [0.4, 0.5) is 9.18 Å². The first-order chi connectivity index (χ1) is 12.1. The predicted octanol–water partition coefficient (Wildman–Crippen LogP) is 2.80. The van der Waals surface area contributed by atoms with E-state index < -0.39 is 5.79 Å². The molecule has 3 fully saturated rings. The third-order valence-electron chi connectivity index (χ3n) is 5.97. The van der Waals surface area contributed by atoms with Crippen LogP contribution >= 0.6 is 0 Å². The summed E-state index contributed by atoms with van der Waals surface area (Å²) < 4.78 is 24.6. The fraction of sp³-hybridized carbons (Fsp3) is 0.632. The van der Waals surface area contributed by atoms with Crippen molar-refractivity contribution < 1.29 is 18.7 Å². The predicted molar refractivity (Wildman–Crippen MR) is 90.8 cm³/mol. The van der Waals surface area contributed by atoms with Gasteiger partial charge in [-0.15, -0.1) is 0 Å². The number of amides is 2. The minimum Gasteiger partial charge on any atom is -0.347 e. The first-order valence-electron chi connectivity index (χ1n) is 9.18.